The number of hydrogen-bond donors (Lipinski definition) is 1. The number of nitrogens with one attached hydrogen (secondary N) is 1. The number of thiophene rings is 2. The van der Waals surface area contributed by atoms with Crippen molar-refractivity contribution in [2.75, 3.05) is 0 Å². The van der Waals surface area contributed by atoms with E-state index in [0.717, 1.165) is 34.4 Å². The van der Waals surface area contributed by atoms with Crippen molar-refractivity contribution in [1.82, 2.24) is 9.97 Å². The van der Waals surface area contributed by atoms with E-state index < -0.39 is 0 Å². The van der Waals surface area contributed by atoms with Gasteiger partial charge in [0.1, 0.15) is 4.83 Å². The molecule has 0 bridgehead atoms. The number of nitrogens with zero attached hydrogens (tertiary/aromatic N) is 1. The minimum absolute atomic E-state index is 0.0186. The van der Waals surface area contributed by atoms with Gasteiger partial charge in [0.2, 0.25) is 0 Å². The van der Waals surface area contributed by atoms with Gasteiger partial charge in [0.15, 0.2) is 5.82 Å². The summed E-state index contributed by atoms with van der Waals surface area (Å²) >= 11 is 3.32. The van der Waals surface area contributed by atoms with Crippen molar-refractivity contribution in [2.24, 2.45) is 11.3 Å². The van der Waals surface area contributed by atoms with E-state index in [0.29, 0.717) is 17.2 Å². The fourth-order valence-electron chi connectivity index (χ4n) is 3.45. The maximum atomic E-state index is 12.6. The fourth-order valence-corrected chi connectivity index (χ4v) is 5.42. The first-order chi connectivity index (χ1) is 10.9. The van der Waals surface area contributed by atoms with Gasteiger partial charge in [-0.3, -0.25) is 4.79 Å². The molecule has 1 atom stereocenters. The van der Waals surface area contributed by atoms with Crippen LogP contribution >= 0.6 is 22.7 Å². The average molecular weight is 345 g/mol. The summed E-state index contributed by atoms with van der Waals surface area (Å²) in [5.74, 6) is 1.38. The van der Waals surface area contributed by atoms with Gasteiger partial charge in [-0.1, -0.05) is 26.8 Å². The second-order valence-corrected chi connectivity index (χ2v) is 9.41. The molecule has 3 nitrogen and oxygen atoms in total. The Morgan fingerprint density at radius 2 is 2.17 bits per heavy atom. The van der Waals surface area contributed by atoms with Crippen LogP contribution in [0.25, 0.3) is 20.9 Å². The predicted octanol–water partition coefficient (Wildman–Crippen LogP) is 4.86. The second-order valence-electron chi connectivity index (χ2n) is 7.38. The summed E-state index contributed by atoms with van der Waals surface area (Å²) in [6.07, 6.45) is 3.24. The molecule has 3 aromatic heterocycles. The number of fused-ring (bicyclic) bond motifs is 3. The third-order valence-electron chi connectivity index (χ3n) is 4.90. The van der Waals surface area contributed by atoms with E-state index in [4.69, 9.17) is 4.98 Å². The molecule has 0 spiro atoms. The van der Waals surface area contributed by atoms with E-state index in [1.165, 1.54) is 10.4 Å². The van der Waals surface area contributed by atoms with Gasteiger partial charge >= 0.3 is 0 Å². The predicted molar refractivity (Wildman–Crippen MR) is 98.5 cm³/mol. The van der Waals surface area contributed by atoms with Gasteiger partial charge in [-0.25, -0.2) is 4.98 Å². The maximum absolute atomic E-state index is 12.6. The lowest BCUT2D eigenvalue weighted by Crippen LogP contribution is -2.26. The molecule has 1 N–H and O–H groups in total. The maximum Gasteiger partial charge on any atom is 0.260 e. The van der Waals surface area contributed by atoms with Crippen LogP contribution in [0.3, 0.4) is 0 Å². The molecule has 0 aromatic carbocycles. The summed E-state index contributed by atoms with van der Waals surface area (Å²) in [7, 11) is 0. The highest BCUT2D eigenvalue weighted by Gasteiger charge is 2.31. The molecule has 0 fully saturated rings. The van der Waals surface area contributed by atoms with E-state index in [-0.39, 0.29) is 5.56 Å². The summed E-state index contributed by atoms with van der Waals surface area (Å²) in [4.78, 5) is 23.6. The molecular weight excluding hydrogens is 324 g/mol. The van der Waals surface area contributed by atoms with Crippen molar-refractivity contribution < 1.29 is 0 Å². The fraction of sp³-hybridized carbons (Fsp3) is 0.444. The molecule has 0 saturated heterocycles. The Labute approximate surface area is 143 Å². The van der Waals surface area contributed by atoms with Crippen molar-refractivity contribution in [1.29, 1.82) is 0 Å². The standard InChI is InChI=1S/C18H20N2OS2/c1-18(2,3)10-6-7-11-13(9-10)23-17-14(11)16(21)19-15(20-17)12-5-4-8-22-12/h4-5,8,10H,6-7,9H2,1-3H3,(H,19,20,21)/t10-/m1/s1. The van der Waals surface area contributed by atoms with Crippen LogP contribution in [0.4, 0.5) is 0 Å². The molecule has 0 saturated carbocycles. The highest BCUT2D eigenvalue weighted by atomic mass is 32.1. The molecule has 4 rings (SSSR count). The van der Waals surface area contributed by atoms with Crippen LogP contribution in [0.5, 0.6) is 0 Å². The lowest BCUT2D eigenvalue weighted by Gasteiger charge is -2.33. The molecule has 120 valence electrons. The number of aromatic nitrogens is 2. The molecule has 0 amide bonds. The van der Waals surface area contributed by atoms with Gasteiger partial charge in [0.05, 0.1) is 10.3 Å². The molecule has 0 unspecified atom stereocenters. The Kier molecular flexibility index (Phi) is 3.46. The van der Waals surface area contributed by atoms with Gasteiger partial charge in [-0.15, -0.1) is 22.7 Å². The quantitative estimate of drug-likeness (QED) is 0.685. The summed E-state index contributed by atoms with van der Waals surface area (Å²) in [6, 6.07) is 3.98. The van der Waals surface area contributed by atoms with Crippen molar-refractivity contribution in [2.45, 2.75) is 40.0 Å². The summed E-state index contributed by atoms with van der Waals surface area (Å²) < 4.78 is 0. The zero-order chi connectivity index (χ0) is 16.2. The Balaban J connectivity index is 1.84. The number of H-pyrrole nitrogens is 1. The van der Waals surface area contributed by atoms with Crippen LogP contribution in [0, 0.1) is 11.3 Å². The summed E-state index contributed by atoms with van der Waals surface area (Å²) in [5, 5.41) is 2.84. The van der Waals surface area contributed by atoms with E-state index in [9.17, 15) is 4.79 Å². The zero-order valence-corrected chi connectivity index (χ0v) is 15.2. The first-order valence-corrected chi connectivity index (χ1v) is 9.71. The van der Waals surface area contributed by atoms with Gasteiger partial charge in [-0.2, -0.15) is 0 Å². The third kappa shape index (κ3) is 2.56. The molecule has 5 heteroatoms. The molecule has 1 aliphatic carbocycles. The number of hydrogen-bond acceptors (Lipinski definition) is 4. The van der Waals surface area contributed by atoms with Crippen molar-refractivity contribution in [3.8, 4) is 10.7 Å². The molecule has 23 heavy (non-hydrogen) atoms. The topological polar surface area (TPSA) is 45.8 Å². The average Bonchev–Trinajstić information content (AvgIpc) is 3.12. The van der Waals surface area contributed by atoms with Crippen molar-refractivity contribution >= 4 is 32.9 Å². The Bertz CT molecular complexity index is 913. The lowest BCUT2D eigenvalue weighted by atomic mass is 9.72. The smallest absolute Gasteiger partial charge is 0.260 e. The van der Waals surface area contributed by atoms with Crippen LogP contribution < -0.4 is 5.56 Å². The molecule has 3 aromatic rings. The number of aromatic amines is 1. The van der Waals surface area contributed by atoms with E-state index >= 15 is 0 Å². The number of aryl methyl sites for hydroxylation is 1. The molecule has 0 aliphatic heterocycles. The molecule has 1 aliphatic rings. The minimum atomic E-state index is 0.0186. The van der Waals surface area contributed by atoms with Gasteiger partial charge in [-0.05, 0) is 47.6 Å². The van der Waals surface area contributed by atoms with E-state index in [2.05, 4.69) is 25.8 Å². The molecule has 3 heterocycles. The zero-order valence-electron chi connectivity index (χ0n) is 13.6. The number of rotatable bonds is 1. The van der Waals surface area contributed by atoms with Crippen LogP contribution in [-0.2, 0) is 12.8 Å². The lowest BCUT2D eigenvalue weighted by molar-refractivity contribution is 0.218. The second kappa shape index (κ2) is 5.28. The first kappa shape index (κ1) is 15.1. The van der Waals surface area contributed by atoms with Gasteiger partial charge < -0.3 is 4.98 Å². The minimum Gasteiger partial charge on any atom is -0.305 e. The Morgan fingerprint density at radius 1 is 1.35 bits per heavy atom. The van der Waals surface area contributed by atoms with E-state index in [1.807, 2.05) is 17.5 Å². The summed E-state index contributed by atoms with van der Waals surface area (Å²) in [6.45, 7) is 6.95. The largest absolute Gasteiger partial charge is 0.305 e. The van der Waals surface area contributed by atoms with Crippen LogP contribution in [0.2, 0.25) is 0 Å². The van der Waals surface area contributed by atoms with Crippen molar-refractivity contribution in [3.63, 3.8) is 0 Å². The third-order valence-corrected chi connectivity index (χ3v) is 6.92. The first-order valence-electron chi connectivity index (χ1n) is 8.02. The highest BCUT2D eigenvalue weighted by Crippen LogP contribution is 2.42. The SMILES string of the molecule is CC(C)(C)[C@@H]1CCc2c(sc3nc(-c4cccs4)[nH]c(=O)c23)C1. The van der Waals surface area contributed by atoms with Gasteiger partial charge in [0.25, 0.3) is 5.56 Å². The Hall–Kier alpha value is -1.46. The van der Waals surface area contributed by atoms with Gasteiger partial charge in [0, 0.05) is 4.88 Å². The molecular formula is C18H20N2OS2. The van der Waals surface area contributed by atoms with Crippen LogP contribution in [0.1, 0.15) is 37.6 Å². The van der Waals surface area contributed by atoms with E-state index in [1.54, 1.807) is 22.7 Å². The van der Waals surface area contributed by atoms with Crippen LogP contribution in [0.15, 0.2) is 22.3 Å². The Morgan fingerprint density at radius 3 is 2.87 bits per heavy atom. The monoisotopic (exact) mass is 344 g/mol. The van der Waals surface area contributed by atoms with Crippen LogP contribution in [-0.4, -0.2) is 9.97 Å². The van der Waals surface area contributed by atoms with Crippen molar-refractivity contribution in [3.05, 3.63) is 38.3 Å². The highest BCUT2D eigenvalue weighted by molar-refractivity contribution is 7.19. The molecule has 0 radical (unpaired) electrons. The normalized spacial score (nSPS) is 18.3. The summed E-state index contributed by atoms with van der Waals surface area (Å²) in [5.41, 5.74) is 1.58.